The molecule has 8 heavy (non-hydrogen) atoms. The van der Waals surface area contributed by atoms with E-state index in [0.717, 1.165) is 0 Å². The summed E-state index contributed by atoms with van der Waals surface area (Å²) in [7, 11) is 1.52. The van der Waals surface area contributed by atoms with Crippen LogP contribution in [0.1, 0.15) is 20.8 Å². The van der Waals surface area contributed by atoms with Crippen molar-refractivity contribution in [3.05, 3.63) is 0 Å². The maximum atomic E-state index is 4.70. The zero-order valence-electron chi connectivity index (χ0n) is 6.02. The van der Waals surface area contributed by atoms with Crippen molar-refractivity contribution in [1.29, 1.82) is 0 Å². The first-order chi connectivity index (χ1) is 3.56. The Morgan fingerprint density at radius 1 is 1.25 bits per heavy atom. The van der Waals surface area contributed by atoms with Gasteiger partial charge in [-0.25, -0.2) is 9.78 Å². The summed E-state index contributed by atoms with van der Waals surface area (Å²) in [6, 6.07) is 0. The Balaban J connectivity index is 3.11. The van der Waals surface area contributed by atoms with Crippen LogP contribution in [0.4, 0.5) is 0 Å². The van der Waals surface area contributed by atoms with Gasteiger partial charge in [-0.3, -0.25) is 0 Å². The predicted molar refractivity (Wildman–Crippen MR) is 32.4 cm³/mol. The van der Waals surface area contributed by atoms with E-state index >= 15 is 0 Å². The fourth-order valence-electron chi connectivity index (χ4n) is 0.236. The van der Waals surface area contributed by atoms with Gasteiger partial charge in [0.05, 0.1) is 13.7 Å². The van der Waals surface area contributed by atoms with Crippen LogP contribution in [-0.2, 0) is 9.78 Å². The molecule has 0 amide bonds. The highest BCUT2D eigenvalue weighted by atomic mass is 17.2. The molecule has 0 aromatic carbocycles. The summed E-state index contributed by atoms with van der Waals surface area (Å²) >= 11 is 0. The summed E-state index contributed by atoms with van der Waals surface area (Å²) in [6.45, 7) is 6.91. The highest BCUT2D eigenvalue weighted by molar-refractivity contribution is 4.56. The Bertz CT molecular complexity index is 54.0. The quantitative estimate of drug-likeness (QED) is 0.405. The van der Waals surface area contributed by atoms with Crippen LogP contribution >= 0.6 is 0 Å². The van der Waals surface area contributed by atoms with Gasteiger partial charge in [0.25, 0.3) is 0 Å². The summed E-state index contributed by atoms with van der Waals surface area (Å²) in [6.07, 6.45) is 0. The van der Waals surface area contributed by atoms with Gasteiger partial charge in [0.2, 0.25) is 0 Å². The molecular weight excluding hydrogens is 104 g/mol. The molecule has 50 valence electrons. The van der Waals surface area contributed by atoms with E-state index in [4.69, 9.17) is 4.89 Å². The van der Waals surface area contributed by atoms with Crippen LogP contribution in [-0.4, -0.2) is 13.7 Å². The minimum Gasteiger partial charge on any atom is -0.240 e. The van der Waals surface area contributed by atoms with Crippen molar-refractivity contribution < 1.29 is 9.78 Å². The Morgan fingerprint density at radius 3 is 1.88 bits per heavy atom. The van der Waals surface area contributed by atoms with Crippen molar-refractivity contribution in [3.63, 3.8) is 0 Å². The smallest absolute Gasteiger partial charge is 0.0870 e. The molecule has 0 atom stereocenters. The second kappa shape index (κ2) is 3.05. The highest BCUT2D eigenvalue weighted by Gasteiger charge is 2.09. The van der Waals surface area contributed by atoms with Gasteiger partial charge in [-0.05, 0) is 5.41 Å². The average Bonchev–Trinajstić information content (AvgIpc) is 1.59. The molecule has 0 radical (unpaired) electrons. The van der Waals surface area contributed by atoms with E-state index in [-0.39, 0.29) is 5.41 Å². The summed E-state index contributed by atoms with van der Waals surface area (Å²) in [5, 5.41) is 0. The highest BCUT2D eigenvalue weighted by Crippen LogP contribution is 2.12. The van der Waals surface area contributed by atoms with Crippen LogP contribution in [0.15, 0.2) is 0 Å². The molecule has 0 aromatic rings. The van der Waals surface area contributed by atoms with E-state index in [1.165, 1.54) is 7.11 Å². The molecule has 0 fully saturated rings. The summed E-state index contributed by atoms with van der Waals surface area (Å²) < 4.78 is 0. The van der Waals surface area contributed by atoms with Crippen LogP contribution in [0.25, 0.3) is 0 Å². The summed E-state index contributed by atoms with van der Waals surface area (Å²) in [4.78, 5) is 9.12. The van der Waals surface area contributed by atoms with E-state index in [9.17, 15) is 0 Å². The number of rotatable bonds is 2. The molecule has 0 N–H and O–H groups in total. The molecule has 0 unspecified atom stereocenters. The Kier molecular flexibility index (Phi) is 3.02. The van der Waals surface area contributed by atoms with Gasteiger partial charge in [-0.2, -0.15) is 0 Å². The first kappa shape index (κ1) is 7.92. The van der Waals surface area contributed by atoms with E-state index < -0.39 is 0 Å². The molecule has 0 spiro atoms. The number of hydrogen-bond donors (Lipinski definition) is 0. The molecule has 0 aliphatic rings. The van der Waals surface area contributed by atoms with E-state index in [0.29, 0.717) is 6.61 Å². The largest absolute Gasteiger partial charge is 0.240 e. The van der Waals surface area contributed by atoms with Gasteiger partial charge in [0, 0.05) is 0 Å². The van der Waals surface area contributed by atoms with Gasteiger partial charge in [-0.1, -0.05) is 20.8 Å². The zero-order chi connectivity index (χ0) is 6.62. The zero-order valence-corrected chi connectivity index (χ0v) is 6.02. The van der Waals surface area contributed by atoms with Crippen molar-refractivity contribution in [2.24, 2.45) is 5.41 Å². The predicted octanol–water partition coefficient (Wildman–Crippen LogP) is 1.61. The SMILES string of the molecule is COOCC(C)(C)C. The minimum atomic E-state index is 0.204. The third-order valence-corrected chi connectivity index (χ3v) is 0.610. The molecular formula is C6H14O2. The monoisotopic (exact) mass is 118 g/mol. The molecule has 0 aliphatic carbocycles. The average molecular weight is 118 g/mol. The van der Waals surface area contributed by atoms with Crippen molar-refractivity contribution in [1.82, 2.24) is 0 Å². The molecule has 0 aliphatic heterocycles. The molecule has 0 heterocycles. The molecule has 0 saturated heterocycles. The molecule has 2 nitrogen and oxygen atoms in total. The third-order valence-electron chi connectivity index (χ3n) is 0.610. The van der Waals surface area contributed by atoms with Crippen LogP contribution < -0.4 is 0 Å². The summed E-state index contributed by atoms with van der Waals surface area (Å²) in [5.74, 6) is 0. The van der Waals surface area contributed by atoms with Crippen molar-refractivity contribution in [2.75, 3.05) is 13.7 Å². The van der Waals surface area contributed by atoms with E-state index in [1.807, 2.05) is 0 Å². The number of hydrogen-bond acceptors (Lipinski definition) is 2. The first-order valence-corrected chi connectivity index (χ1v) is 2.72. The van der Waals surface area contributed by atoms with Crippen LogP contribution in [0.3, 0.4) is 0 Å². The maximum Gasteiger partial charge on any atom is 0.0870 e. The molecule has 0 aromatic heterocycles. The molecule has 0 saturated carbocycles. The van der Waals surface area contributed by atoms with Crippen LogP contribution in [0, 0.1) is 5.41 Å². The fourth-order valence-corrected chi connectivity index (χ4v) is 0.236. The van der Waals surface area contributed by atoms with Gasteiger partial charge < -0.3 is 0 Å². The van der Waals surface area contributed by atoms with Crippen LogP contribution in [0.2, 0.25) is 0 Å². The molecule has 0 bridgehead atoms. The van der Waals surface area contributed by atoms with Crippen molar-refractivity contribution in [3.8, 4) is 0 Å². The summed E-state index contributed by atoms with van der Waals surface area (Å²) in [5.41, 5.74) is 0.204. The normalized spacial score (nSPS) is 12.0. The Hall–Kier alpha value is -0.0800. The van der Waals surface area contributed by atoms with Gasteiger partial charge in [0.15, 0.2) is 0 Å². The Labute approximate surface area is 50.7 Å². The van der Waals surface area contributed by atoms with Crippen molar-refractivity contribution >= 4 is 0 Å². The maximum absolute atomic E-state index is 4.70. The van der Waals surface area contributed by atoms with E-state index in [2.05, 4.69) is 25.7 Å². The van der Waals surface area contributed by atoms with Crippen molar-refractivity contribution in [2.45, 2.75) is 20.8 Å². The topological polar surface area (TPSA) is 18.5 Å². The first-order valence-electron chi connectivity index (χ1n) is 2.72. The second-order valence-electron chi connectivity index (χ2n) is 2.99. The third kappa shape index (κ3) is 5.92. The lowest BCUT2D eigenvalue weighted by Crippen LogP contribution is -2.13. The van der Waals surface area contributed by atoms with Crippen LogP contribution in [0.5, 0.6) is 0 Å². The second-order valence-corrected chi connectivity index (χ2v) is 2.99. The standard InChI is InChI=1S/C6H14O2/c1-6(2,3)5-8-7-4/h5H2,1-4H3. The van der Waals surface area contributed by atoms with E-state index in [1.54, 1.807) is 0 Å². The molecule has 0 rings (SSSR count). The van der Waals surface area contributed by atoms with Gasteiger partial charge in [-0.15, -0.1) is 0 Å². The fraction of sp³-hybridized carbons (Fsp3) is 1.00. The molecule has 2 heteroatoms. The lowest BCUT2D eigenvalue weighted by molar-refractivity contribution is -0.285. The Morgan fingerprint density at radius 2 is 1.75 bits per heavy atom. The van der Waals surface area contributed by atoms with Gasteiger partial charge >= 0.3 is 0 Å². The minimum absolute atomic E-state index is 0.204. The lowest BCUT2D eigenvalue weighted by Gasteiger charge is -2.15. The lowest BCUT2D eigenvalue weighted by atomic mass is 9.99. The van der Waals surface area contributed by atoms with Gasteiger partial charge in [0.1, 0.15) is 0 Å².